The fraction of sp³-hybridized carbons (Fsp3) is 0.750. The van der Waals surface area contributed by atoms with Crippen LogP contribution in [0.5, 0.6) is 6.01 Å². The third-order valence-corrected chi connectivity index (χ3v) is 3.19. The molecule has 1 aromatic heterocycles. The van der Waals surface area contributed by atoms with Gasteiger partial charge in [-0.3, -0.25) is 10.3 Å². The zero-order chi connectivity index (χ0) is 14.5. The molecule has 8 nitrogen and oxygen atoms in total. The maximum Gasteiger partial charge on any atom is 0.322 e. The van der Waals surface area contributed by atoms with Crippen molar-refractivity contribution in [2.75, 3.05) is 50.2 Å². The summed E-state index contributed by atoms with van der Waals surface area (Å²) in [6.07, 6.45) is 0. The first kappa shape index (κ1) is 14.7. The Balaban J connectivity index is 2.02. The molecule has 3 N–H and O–H groups in total. The SMILES string of the molecule is COc1nc(NN)nc(N2CCN(CC(C)C)CC2)n1. The van der Waals surface area contributed by atoms with Gasteiger partial charge in [-0.1, -0.05) is 13.8 Å². The number of nitrogens with zero attached hydrogens (tertiary/aromatic N) is 5. The van der Waals surface area contributed by atoms with Crippen molar-refractivity contribution < 1.29 is 4.74 Å². The van der Waals surface area contributed by atoms with E-state index in [-0.39, 0.29) is 6.01 Å². The number of hydrogen-bond donors (Lipinski definition) is 2. The molecule has 1 aliphatic heterocycles. The Morgan fingerprint density at radius 2 is 1.90 bits per heavy atom. The van der Waals surface area contributed by atoms with Crippen molar-refractivity contribution in [2.45, 2.75) is 13.8 Å². The Kier molecular flexibility index (Phi) is 4.91. The van der Waals surface area contributed by atoms with Crippen LogP contribution < -0.4 is 20.9 Å². The van der Waals surface area contributed by atoms with Gasteiger partial charge in [-0.15, -0.1) is 0 Å². The van der Waals surface area contributed by atoms with Crippen molar-refractivity contribution in [3.8, 4) is 6.01 Å². The van der Waals surface area contributed by atoms with E-state index in [1.807, 2.05) is 0 Å². The average Bonchev–Trinajstić information content (AvgIpc) is 2.46. The minimum atomic E-state index is 0.271. The third-order valence-electron chi connectivity index (χ3n) is 3.19. The molecule has 0 atom stereocenters. The van der Waals surface area contributed by atoms with Crippen molar-refractivity contribution in [3.05, 3.63) is 0 Å². The number of rotatable bonds is 5. The van der Waals surface area contributed by atoms with Crippen LogP contribution in [0.3, 0.4) is 0 Å². The largest absolute Gasteiger partial charge is 0.467 e. The lowest BCUT2D eigenvalue weighted by molar-refractivity contribution is 0.230. The highest BCUT2D eigenvalue weighted by Gasteiger charge is 2.20. The molecule has 1 saturated heterocycles. The van der Waals surface area contributed by atoms with Crippen LogP contribution in [0.4, 0.5) is 11.9 Å². The Bertz CT molecular complexity index is 410. The van der Waals surface area contributed by atoms with Crippen LogP contribution in [0.1, 0.15) is 13.8 Å². The van der Waals surface area contributed by atoms with Crippen LogP contribution in [0.25, 0.3) is 0 Å². The predicted molar refractivity (Wildman–Crippen MR) is 77.7 cm³/mol. The highest BCUT2D eigenvalue weighted by Crippen LogP contribution is 2.16. The number of nitrogens with one attached hydrogen (secondary N) is 1. The maximum absolute atomic E-state index is 5.36. The molecule has 112 valence electrons. The fourth-order valence-electron chi connectivity index (χ4n) is 2.29. The molecule has 2 heterocycles. The van der Waals surface area contributed by atoms with E-state index in [0.29, 0.717) is 17.8 Å². The van der Waals surface area contributed by atoms with Crippen LogP contribution in [-0.2, 0) is 0 Å². The quantitative estimate of drug-likeness (QED) is 0.573. The van der Waals surface area contributed by atoms with Gasteiger partial charge in [0, 0.05) is 32.7 Å². The van der Waals surface area contributed by atoms with E-state index in [0.717, 1.165) is 32.7 Å². The topological polar surface area (TPSA) is 92.4 Å². The first-order chi connectivity index (χ1) is 9.62. The second-order valence-corrected chi connectivity index (χ2v) is 5.27. The summed E-state index contributed by atoms with van der Waals surface area (Å²) in [5.41, 5.74) is 2.44. The summed E-state index contributed by atoms with van der Waals surface area (Å²) in [6.45, 7) is 9.41. The van der Waals surface area contributed by atoms with Gasteiger partial charge in [0.05, 0.1) is 7.11 Å². The van der Waals surface area contributed by atoms with Crippen molar-refractivity contribution in [2.24, 2.45) is 11.8 Å². The third kappa shape index (κ3) is 3.67. The molecule has 0 bridgehead atoms. The summed E-state index contributed by atoms with van der Waals surface area (Å²) in [7, 11) is 1.53. The number of aromatic nitrogens is 3. The molecule has 0 aromatic carbocycles. The zero-order valence-corrected chi connectivity index (χ0v) is 12.3. The Hall–Kier alpha value is -1.67. The van der Waals surface area contributed by atoms with Gasteiger partial charge in [-0.25, -0.2) is 5.84 Å². The van der Waals surface area contributed by atoms with Crippen molar-refractivity contribution >= 4 is 11.9 Å². The van der Waals surface area contributed by atoms with Crippen LogP contribution in [0.2, 0.25) is 0 Å². The molecule has 1 fully saturated rings. The number of methoxy groups -OCH3 is 1. The highest BCUT2D eigenvalue weighted by atomic mass is 16.5. The number of hydrazine groups is 1. The average molecular weight is 281 g/mol. The van der Waals surface area contributed by atoms with Crippen LogP contribution in [0, 0.1) is 5.92 Å². The minimum absolute atomic E-state index is 0.271. The van der Waals surface area contributed by atoms with E-state index in [1.165, 1.54) is 7.11 Å². The van der Waals surface area contributed by atoms with Crippen LogP contribution in [0.15, 0.2) is 0 Å². The molecule has 0 spiro atoms. The molecule has 1 aromatic rings. The summed E-state index contributed by atoms with van der Waals surface area (Å²) in [6, 6.07) is 0.271. The van der Waals surface area contributed by atoms with Gasteiger partial charge in [0.25, 0.3) is 0 Å². The molecule has 0 unspecified atom stereocenters. The Labute approximate surface area is 119 Å². The zero-order valence-electron chi connectivity index (χ0n) is 12.3. The van der Waals surface area contributed by atoms with Crippen LogP contribution >= 0.6 is 0 Å². The van der Waals surface area contributed by atoms with Gasteiger partial charge in [-0.2, -0.15) is 15.0 Å². The lowest BCUT2D eigenvalue weighted by Gasteiger charge is -2.35. The lowest BCUT2D eigenvalue weighted by atomic mass is 10.2. The van der Waals surface area contributed by atoms with Gasteiger partial charge in [0.1, 0.15) is 0 Å². The first-order valence-electron chi connectivity index (χ1n) is 6.86. The number of anilines is 2. The van der Waals surface area contributed by atoms with Crippen LogP contribution in [-0.4, -0.2) is 59.7 Å². The summed E-state index contributed by atoms with van der Waals surface area (Å²) in [5, 5.41) is 0. The van der Waals surface area contributed by atoms with Gasteiger partial charge < -0.3 is 9.64 Å². The summed E-state index contributed by atoms with van der Waals surface area (Å²) < 4.78 is 5.07. The molecule has 1 aliphatic rings. The molecule has 0 aliphatic carbocycles. The Morgan fingerprint density at radius 1 is 1.20 bits per heavy atom. The smallest absolute Gasteiger partial charge is 0.322 e. The van der Waals surface area contributed by atoms with E-state index in [9.17, 15) is 0 Å². The van der Waals surface area contributed by atoms with Crippen molar-refractivity contribution in [3.63, 3.8) is 0 Å². The molecule has 8 heteroatoms. The predicted octanol–water partition coefficient (Wildman–Crippen LogP) is -0.0562. The number of ether oxygens (including phenoxy) is 1. The van der Waals surface area contributed by atoms with E-state index in [1.54, 1.807) is 0 Å². The van der Waals surface area contributed by atoms with E-state index in [4.69, 9.17) is 10.6 Å². The normalized spacial score (nSPS) is 16.6. The number of hydrogen-bond acceptors (Lipinski definition) is 8. The van der Waals surface area contributed by atoms with Gasteiger partial charge in [-0.05, 0) is 5.92 Å². The second kappa shape index (κ2) is 6.67. The molecular formula is C12H23N7O. The van der Waals surface area contributed by atoms with Crippen molar-refractivity contribution in [1.82, 2.24) is 19.9 Å². The molecule has 0 saturated carbocycles. The van der Waals surface area contributed by atoms with Crippen molar-refractivity contribution in [1.29, 1.82) is 0 Å². The standard InChI is InChI=1S/C12H23N7O/c1-9(2)8-18-4-6-19(7-5-18)11-14-10(17-13)15-12(16-11)20-3/h9H,4-8,13H2,1-3H3,(H,14,15,16,17). The summed E-state index contributed by atoms with van der Waals surface area (Å²) >= 11 is 0. The first-order valence-corrected chi connectivity index (χ1v) is 6.86. The molecular weight excluding hydrogens is 258 g/mol. The second-order valence-electron chi connectivity index (χ2n) is 5.27. The molecule has 0 radical (unpaired) electrons. The highest BCUT2D eigenvalue weighted by molar-refractivity contribution is 5.38. The van der Waals surface area contributed by atoms with E-state index in [2.05, 4.69) is 44.0 Å². The van der Waals surface area contributed by atoms with Gasteiger partial charge in [0.15, 0.2) is 0 Å². The monoisotopic (exact) mass is 281 g/mol. The lowest BCUT2D eigenvalue weighted by Crippen LogP contribution is -2.48. The maximum atomic E-state index is 5.36. The molecule has 2 rings (SSSR count). The number of nitrogens with two attached hydrogens (primary N) is 1. The van der Waals surface area contributed by atoms with Gasteiger partial charge in [0.2, 0.25) is 11.9 Å². The van der Waals surface area contributed by atoms with E-state index < -0.39 is 0 Å². The fourth-order valence-corrected chi connectivity index (χ4v) is 2.29. The Morgan fingerprint density at radius 3 is 2.45 bits per heavy atom. The number of piperazine rings is 1. The number of nitrogen functional groups attached to an aromatic ring is 1. The minimum Gasteiger partial charge on any atom is -0.467 e. The summed E-state index contributed by atoms with van der Waals surface area (Å²) in [4.78, 5) is 17.1. The van der Waals surface area contributed by atoms with E-state index >= 15 is 0 Å². The molecule has 20 heavy (non-hydrogen) atoms. The summed E-state index contributed by atoms with van der Waals surface area (Å²) in [5.74, 6) is 6.97. The van der Waals surface area contributed by atoms with Gasteiger partial charge >= 0.3 is 6.01 Å². The molecule has 0 amide bonds.